The summed E-state index contributed by atoms with van der Waals surface area (Å²) in [4.78, 5) is 0. The number of methoxy groups -OCH3 is 1. The molecular weight excluding hydrogens is 244 g/mol. The van der Waals surface area contributed by atoms with Gasteiger partial charge in [0, 0.05) is 17.7 Å². The number of hydrogen-bond donors (Lipinski definition) is 2. The van der Waals surface area contributed by atoms with Crippen LogP contribution in [0.25, 0.3) is 0 Å². The lowest BCUT2D eigenvalue weighted by molar-refractivity contribution is 0.0402. The Morgan fingerprint density at radius 3 is 2.58 bits per heavy atom. The van der Waals surface area contributed by atoms with Gasteiger partial charge in [-0.3, -0.25) is 5.41 Å². The fourth-order valence-corrected chi connectivity index (χ4v) is 1.61. The van der Waals surface area contributed by atoms with E-state index < -0.39 is 0 Å². The lowest BCUT2D eigenvalue weighted by Gasteiger charge is -2.11. The molecule has 106 valence electrons. The fourth-order valence-electron chi connectivity index (χ4n) is 1.61. The molecule has 0 fully saturated rings. The molecule has 0 unspecified atom stereocenters. The van der Waals surface area contributed by atoms with Crippen molar-refractivity contribution < 1.29 is 14.2 Å². The summed E-state index contributed by atoms with van der Waals surface area (Å²) in [6.45, 7) is 4.36. The van der Waals surface area contributed by atoms with Crippen LogP contribution in [0, 0.1) is 5.41 Å². The minimum atomic E-state index is 0.0372. The Labute approximate surface area is 114 Å². The number of rotatable bonds is 9. The zero-order valence-electron chi connectivity index (χ0n) is 11.6. The van der Waals surface area contributed by atoms with E-state index in [1.165, 1.54) is 0 Å². The van der Waals surface area contributed by atoms with Gasteiger partial charge in [-0.2, -0.15) is 0 Å². The molecule has 0 aromatic heterocycles. The molecule has 1 aromatic rings. The van der Waals surface area contributed by atoms with Gasteiger partial charge in [0.25, 0.3) is 0 Å². The summed E-state index contributed by atoms with van der Waals surface area (Å²) in [5.74, 6) is 0.773. The standard InChI is InChI=1S/C14H22N2O3/c1-3-6-18-7-8-19-10-12-9-11(14(15)16)4-5-13(12)17-2/h4-5,9H,3,6-8,10H2,1-2H3,(H3,15,16). The average molecular weight is 266 g/mol. The number of nitrogen functional groups attached to an aromatic ring is 1. The highest BCUT2D eigenvalue weighted by Crippen LogP contribution is 2.20. The van der Waals surface area contributed by atoms with Gasteiger partial charge in [0.05, 0.1) is 26.9 Å². The lowest BCUT2D eigenvalue weighted by atomic mass is 10.1. The normalized spacial score (nSPS) is 10.4. The molecule has 0 spiro atoms. The van der Waals surface area contributed by atoms with Crippen molar-refractivity contribution in [1.29, 1.82) is 5.41 Å². The molecule has 0 radical (unpaired) electrons. The van der Waals surface area contributed by atoms with Crippen molar-refractivity contribution in [2.75, 3.05) is 26.9 Å². The lowest BCUT2D eigenvalue weighted by Crippen LogP contribution is -2.12. The van der Waals surface area contributed by atoms with Gasteiger partial charge in [-0.05, 0) is 24.6 Å². The van der Waals surface area contributed by atoms with Gasteiger partial charge in [0.1, 0.15) is 11.6 Å². The summed E-state index contributed by atoms with van der Waals surface area (Å²) in [7, 11) is 1.61. The minimum Gasteiger partial charge on any atom is -0.496 e. The monoisotopic (exact) mass is 266 g/mol. The summed E-state index contributed by atoms with van der Waals surface area (Å²) in [5, 5.41) is 7.42. The number of benzene rings is 1. The van der Waals surface area contributed by atoms with E-state index in [1.807, 2.05) is 6.07 Å². The predicted molar refractivity (Wildman–Crippen MR) is 74.8 cm³/mol. The van der Waals surface area contributed by atoms with Gasteiger partial charge in [-0.25, -0.2) is 0 Å². The van der Waals surface area contributed by atoms with E-state index in [4.69, 9.17) is 25.4 Å². The fraction of sp³-hybridized carbons (Fsp3) is 0.500. The smallest absolute Gasteiger partial charge is 0.124 e. The van der Waals surface area contributed by atoms with Crippen molar-refractivity contribution in [1.82, 2.24) is 0 Å². The molecule has 0 aliphatic carbocycles. The second-order valence-corrected chi connectivity index (χ2v) is 4.11. The molecule has 5 heteroatoms. The molecule has 0 aliphatic heterocycles. The van der Waals surface area contributed by atoms with Crippen LogP contribution in [0.3, 0.4) is 0 Å². The maximum atomic E-state index is 7.42. The third kappa shape index (κ3) is 5.28. The third-order valence-corrected chi connectivity index (χ3v) is 2.57. The second kappa shape index (κ2) is 8.50. The van der Waals surface area contributed by atoms with Crippen LogP contribution >= 0.6 is 0 Å². The molecule has 1 rings (SSSR count). The van der Waals surface area contributed by atoms with Crippen LogP contribution in [-0.2, 0) is 16.1 Å². The maximum Gasteiger partial charge on any atom is 0.124 e. The van der Waals surface area contributed by atoms with Crippen LogP contribution < -0.4 is 10.5 Å². The van der Waals surface area contributed by atoms with Crippen molar-refractivity contribution >= 4 is 5.84 Å². The molecule has 0 atom stereocenters. The summed E-state index contributed by atoms with van der Waals surface area (Å²) < 4.78 is 16.1. The predicted octanol–water partition coefficient (Wildman–Crippen LogP) is 1.92. The molecule has 5 nitrogen and oxygen atoms in total. The van der Waals surface area contributed by atoms with E-state index in [0.29, 0.717) is 25.4 Å². The Bertz CT molecular complexity index is 408. The van der Waals surface area contributed by atoms with Gasteiger partial charge in [0.15, 0.2) is 0 Å². The van der Waals surface area contributed by atoms with E-state index in [1.54, 1.807) is 19.2 Å². The van der Waals surface area contributed by atoms with Crippen LogP contribution in [0.15, 0.2) is 18.2 Å². The molecule has 3 N–H and O–H groups in total. The summed E-state index contributed by atoms with van der Waals surface area (Å²) in [6.07, 6.45) is 1.01. The van der Waals surface area contributed by atoms with Crippen LogP contribution in [-0.4, -0.2) is 32.8 Å². The number of ether oxygens (including phenoxy) is 3. The Morgan fingerprint density at radius 2 is 1.95 bits per heavy atom. The topological polar surface area (TPSA) is 77.6 Å². The van der Waals surface area contributed by atoms with Crippen LogP contribution in [0.4, 0.5) is 0 Å². The minimum absolute atomic E-state index is 0.0372. The molecule has 1 aromatic carbocycles. The van der Waals surface area contributed by atoms with Crippen molar-refractivity contribution in [2.24, 2.45) is 5.73 Å². The Morgan fingerprint density at radius 1 is 1.21 bits per heavy atom. The highest BCUT2D eigenvalue weighted by Gasteiger charge is 2.06. The highest BCUT2D eigenvalue weighted by molar-refractivity contribution is 5.95. The first kappa shape index (κ1) is 15.5. The van der Waals surface area contributed by atoms with Crippen molar-refractivity contribution in [3.05, 3.63) is 29.3 Å². The zero-order valence-corrected chi connectivity index (χ0v) is 11.6. The second-order valence-electron chi connectivity index (χ2n) is 4.11. The van der Waals surface area contributed by atoms with Crippen molar-refractivity contribution in [3.63, 3.8) is 0 Å². The molecule has 0 saturated carbocycles. The number of hydrogen-bond acceptors (Lipinski definition) is 4. The van der Waals surface area contributed by atoms with Gasteiger partial charge in [0.2, 0.25) is 0 Å². The SMILES string of the molecule is CCCOCCOCc1cc(C(=N)N)ccc1OC. The van der Waals surface area contributed by atoms with E-state index in [0.717, 1.165) is 24.3 Å². The highest BCUT2D eigenvalue weighted by atomic mass is 16.5. The Kier molecular flexibility index (Phi) is 6.92. The number of nitrogens with two attached hydrogens (primary N) is 1. The summed E-state index contributed by atoms with van der Waals surface area (Å²) in [6, 6.07) is 5.37. The Balaban J connectivity index is 2.50. The van der Waals surface area contributed by atoms with Crippen LogP contribution in [0.5, 0.6) is 5.75 Å². The van der Waals surface area contributed by atoms with Crippen molar-refractivity contribution in [2.45, 2.75) is 20.0 Å². The molecule has 0 amide bonds. The molecular formula is C14H22N2O3. The third-order valence-electron chi connectivity index (χ3n) is 2.57. The summed E-state index contributed by atoms with van der Waals surface area (Å²) >= 11 is 0. The first-order chi connectivity index (χ1) is 9.19. The first-order valence-electron chi connectivity index (χ1n) is 6.35. The molecule has 0 heterocycles. The molecule has 0 saturated heterocycles. The first-order valence-corrected chi connectivity index (χ1v) is 6.35. The Hall–Kier alpha value is -1.59. The van der Waals surface area contributed by atoms with Gasteiger partial charge < -0.3 is 19.9 Å². The van der Waals surface area contributed by atoms with Gasteiger partial charge in [-0.1, -0.05) is 6.92 Å². The molecule has 19 heavy (non-hydrogen) atoms. The van der Waals surface area contributed by atoms with Crippen molar-refractivity contribution in [3.8, 4) is 5.75 Å². The van der Waals surface area contributed by atoms with Gasteiger partial charge in [-0.15, -0.1) is 0 Å². The van der Waals surface area contributed by atoms with E-state index in [9.17, 15) is 0 Å². The molecule has 0 aliphatic rings. The van der Waals surface area contributed by atoms with Crippen LogP contribution in [0.2, 0.25) is 0 Å². The van der Waals surface area contributed by atoms with Gasteiger partial charge >= 0.3 is 0 Å². The molecule has 0 bridgehead atoms. The van der Waals surface area contributed by atoms with E-state index in [2.05, 4.69) is 6.92 Å². The van der Waals surface area contributed by atoms with E-state index >= 15 is 0 Å². The quantitative estimate of drug-likeness (QED) is 0.406. The summed E-state index contributed by atoms with van der Waals surface area (Å²) in [5.41, 5.74) is 7.01. The average Bonchev–Trinajstić information content (AvgIpc) is 2.42. The zero-order chi connectivity index (χ0) is 14.1. The van der Waals surface area contributed by atoms with E-state index in [-0.39, 0.29) is 5.84 Å². The number of nitrogens with one attached hydrogen (secondary N) is 1. The van der Waals surface area contributed by atoms with Crippen LogP contribution in [0.1, 0.15) is 24.5 Å². The maximum absolute atomic E-state index is 7.42. The number of amidine groups is 1. The largest absolute Gasteiger partial charge is 0.496 e.